The predicted molar refractivity (Wildman–Crippen MR) is 173 cm³/mol. The van der Waals surface area contributed by atoms with Crippen LogP contribution in [0.3, 0.4) is 0 Å². The molecule has 6 rings (SSSR count). The molecule has 4 aromatic carbocycles. The molecule has 4 aromatic rings. The number of anilines is 1. The van der Waals surface area contributed by atoms with Crippen LogP contribution in [-0.2, 0) is 19.1 Å². The number of benzene rings is 4. The predicted octanol–water partition coefficient (Wildman–Crippen LogP) is 3.74. The van der Waals surface area contributed by atoms with E-state index in [2.05, 4.69) is 0 Å². The number of phenols is 2. The van der Waals surface area contributed by atoms with Crippen molar-refractivity contribution < 1.29 is 54.1 Å². The second-order valence-corrected chi connectivity index (χ2v) is 12.7. The first-order valence-electron chi connectivity index (χ1n) is 15.0. The number of rotatable bonds is 10. The molecular formula is C35H32FNO10S. The van der Waals surface area contributed by atoms with E-state index in [4.69, 9.17) is 9.47 Å². The highest BCUT2D eigenvalue weighted by Gasteiger charge is 2.51. The summed E-state index contributed by atoms with van der Waals surface area (Å²) in [5.41, 5.74) is 2.82. The van der Waals surface area contributed by atoms with E-state index in [9.17, 15) is 44.6 Å². The van der Waals surface area contributed by atoms with Gasteiger partial charge in [0.25, 0.3) is 0 Å². The number of aliphatic hydroxyl groups is 3. The van der Waals surface area contributed by atoms with E-state index < -0.39 is 59.9 Å². The molecule has 1 amide bonds. The van der Waals surface area contributed by atoms with Crippen LogP contribution in [0.25, 0.3) is 11.1 Å². The Morgan fingerprint density at radius 2 is 1.58 bits per heavy atom. The van der Waals surface area contributed by atoms with Crippen LogP contribution in [0.2, 0.25) is 0 Å². The number of aliphatic carboxylic acids is 1. The van der Waals surface area contributed by atoms with Gasteiger partial charge in [-0.2, -0.15) is 0 Å². The standard InChI is InChI=1S/C35H32FNO10S/c36-21-12-9-18(10-13-21)26(46-35-30(42)28(40)29(41)31(47-35)34(44)45)17-48-32-27(37(33(32)43)22-6-2-1-3-7-22)24-14-11-20(16-25(24)39)19-5-4-8-23(38)15-19/h1-16,26-32,35,38-42H,17H2,(H,44,45)/t26-,27+,28-,29+,30?,31?,32+,35+/m0/s1. The average Bonchev–Trinajstić information content (AvgIpc) is 3.07. The van der Waals surface area contributed by atoms with Gasteiger partial charge in [0.05, 0.1) is 12.1 Å². The second-order valence-electron chi connectivity index (χ2n) is 11.5. The molecule has 2 aliphatic heterocycles. The number of aliphatic hydroxyl groups excluding tert-OH is 3. The Morgan fingerprint density at radius 3 is 2.25 bits per heavy atom. The van der Waals surface area contributed by atoms with Crippen molar-refractivity contribution in [1.82, 2.24) is 0 Å². The van der Waals surface area contributed by atoms with Crippen molar-refractivity contribution in [3.63, 3.8) is 0 Å². The first-order valence-corrected chi connectivity index (χ1v) is 16.0. The van der Waals surface area contributed by atoms with Gasteiger partial charge in [0.2, 0.25) is 5.91 Å². The molecule has 0 radical (unpaired) electrons. The Balaban J connectivity index is 1.29. The van der Waals surface area contributed by atoms with Gasteiger partial charge in [0, 0.05) is 17.0 Å². The number of amides is 1. The van der Waals surface area contributed by atoms with Crippen molar-refractivity contribution in [1.29, 1.82) is 0 Å². The summed E-state index contributed by atoms with van der Waals surface area (Å²) in [6.45, 7) is 0. The molecule has 0 bridgehead atoms. The average molecular weight is 678 g/mol. The SMILES string of the molecule is O=C(O)C1O[C@@H](O[C@@H](CS[C@H]2C(=O)N(c3ccccc3)[C@@H]2c2ccc(-c3cccc(O)c3)cc2O)c2ccc(F)cc2)C(O)[C@@H](O)[C@H]1O. The Labute approximate surface area is 278 Å². The number of carboxylic acid groups (broad SMARTS) is 1. The molecule has 250 valence electrons. The summed E-state index contributed by atoms with van der Waals surface area (Å²) < 4.78 is 25.2. The summed E-state index contributed by atoms with van der Waals surface area (Å²) in [7, 11) is 0. The highest BCUT2D eigenvalue weighted by Crippen LogP contribution is 2.49. The molecule has 48 heavy (non-hydrogen) atoms. The minimum absolute atomic E-state index is 0.0201. The van der Waals surface area contributed by atoms with Gasteiger partial charge < -0.3 is 45.0 Å². The molecule has 11 nitrogen and oxygen atoms in total. The number of carboxylic acids is 1. The van der Waals surface area contributed by atoms with Crippen LogP contribution in [-0.4, -0.2) is 84.2 Å². The van der Waals surface area contributed by atoms with Crippen LogP contribution in [0.1, 0.15) is 23.3 Å². The van der Waals surface area contributed by atoms with Gasteiger partial charge >= 0.3 is 5.97 Å². The van der Waals surface area contributed by atoms with E-state index in [1.54, 1.807) is 65.6 Å². The van der Waals surface area contributed by atoms with Crippen LogP contribution in [0.15, 0.2) is 97.1 Å². The van der Waals surface area contributed by atoms with Crippen molar-refractivity contribution in [2.24, 2.45) is 0 Å². The van der Waals surface area contributed by atoms with Crippen molar-refractivity contribution in [3.8, 4) is 22.6 Å². The van der Waals surface area contributed by atoms with Crippen molar-refractivity contribution in [2.75, 3.05) is 10.7 Å². The Morgan fingerprint density at radius 1 is 0.875 bits per heavy atom. The van der Waals surface area contributed by atoms with Crippen molar-refractivity contribution in [3.05, 3.63) is 114 Å². The maximum absolute atomic E-state index is 13.8. The summed E-state index contributed by atoms with van der Waals surface area (Å²) in [4.78, 5) is 27.0. The number of halogens is 1. The van der Waals surface area contributed by atoms with E-state index in [-0.39, 0.29) is 23.2 Å². The van der Waals surface area contributed by atoms with Crippen LogP contribution < -0.4 is 4.90 Å². The first kappa shape index (κ1) is 33.4. The number of ether oxygens (including phenoxy) is 2. The molecule has 0 aromatic heterocycles. The van der Waals surface area contributed by atoms with E-state index >= 15 is 0 Å². The zero-order valence-electron chi connectivity index (χ0n) is 25.1. The zero-order chi connectivity index (χ0) is 34.1. The fraction of sp³-hybridized carbons (Fsp3) is 0.257. The Hall–Kier alpha value is -4.50. The number of aromatic hydroxyl groups is 2. The van der Waals surface area contributed by atoms with Gasteiger partial charge in [0.1, 0.15) is 40.9 Å². The lowest BCUT2D eigenvalue weighted by Crippen LogP contribution is -2.60. The maximum atomic E-state index is 13.8. The van der Waals surface area contributed by atoms with Gasteiger partial charge in [-0.3, -0.25) is 4.79 Å². The fourth-order valence-corrected chi connectivity index (χ4v) is 7.23. The van der Waals surface area contributed by atoms with Crippen LogP contribution in [0.5, 0.6) is 11.5 Å². The highest BCUT2D eigenvalue weighted by atomic mass is 32.2. The molecule has 2 fully saturated rings. The smallest absolute Gasteiger partial charge is 0.335 e. The summed E-state index contributed by atoms with van der Waals surface area (Å²) in [5.74, 6) is -2.34. The molecule has 2 heterocycles. The number of nitrogens with zero attached hydrogens (tertiary/aromatic N) is 1. The lowest BCUT2D eigenvalue weighted by molar-refractivity contribution is -0.303. The normalized spacial score (nSPS) is 26.1. The number of thioether (sulfide) groups is 1. The largest absolute Gasteiger partial charge is 0.508 e. The second kappa shape index (κ2) is 13.9. The molecule has 2 unspecified atom stereocenters. The van der Waals surface area contributed by atoms with E-state index in [0.717, 1.165) is 0 Å². The number of para-hydroxylation sites is 1. The van der Waals surface area contributed by atoms with Gasteiger partial charge in [-0.15, -0.1) is 11.8 Å². The summed E-state index contributed by atoms with van der Waals surface area (Å²) >= 11 is 1.17. The molecule has 0 aliphatic carbocycles. The molecule has 8 atom stereocenters. The Kier molecular flexibility index (Phi) is 9.69. The molecule has 6 N–H and O–H groups in total. The minimum Gasteiger partial charge on any atom is -0.508 e. The van der Waals surface area contributed by atoms with Crippen molar-refractivity contribution in [2.45, 2.75) is 48.1 Å². The number of phenolic OH excluding ortho intramolecular Hbond substituents is 2. The third kappa shape index (κ3) is 6.61. The Bertz CT molecular complexity index is 1780. The molecule has 0 spiro atoms. The third-order valence-corrected chi connectivity index (χ3v) is 9.70. The minimum atomic E-state index is -1.92. The molecule has 13 heteroatoms. The molecule has 0 saturated carbocycles. The van der Waals surface area contributed by atoms with E-state index in [1.165, 1.54) is 42.1 Å². The monoisotopic (exact) mass is 677 g/mol. The van der Waals surface area contributed by atoms with Gasteiger partial charge in [-0.25, -0.2) is 9.18 Å². The maximum Gasteiger partial charge on any atom is 0.335 e. The number of hydrogen-bond donors (Lipinski definition) is 6. The molecule has 2 aliphatic rings. The zero-order valence-corrected chi connectivity index (χ0v) is 25.9. The van der Waals surface area contributed by atoms with Gasteiger partial charge in [0.15, 0.2) is 12.4 Å². The van der Waals surface area contributed by atoms with Gasteiger partial charge in [-0.05, 0) is 59.2 Å². The summed E-state index contributed by atoms with van der Waals surface area (Å²) in [5, 5.41) is 61.0. The number of β-lactam (4-membered cyclic amide) rings is 1. The van der Waals surface area contributed by atoms with Gasteiger partial charge in [-0.1, -0.05) is 54.6 Å². The lowest BCUT2D eigenvalue weighted by Gasteiger charge is -2.47. The lowest BCUT2D eigenvalue weighted by atomic mass is 9.90. The summed E-state index contributed by atoms with van der Waals surface area (Å²) in [6.07, 6.45) is -10.2. The number of carbonyl (C=O) groups excluding carboxylic acids is 1. The molecular weight excluding hydrogens is 645 g/mol. The van der Waals surface area contributed by atoms with E-state index in [0.29, 0.717) is 27.9 Å². The first-order chi connectivity index (χ1) is 23.0. The summed E-state index contributed by atoms with van der Waals surface area (Å²) in [6, 6.07) is 25.2. The topological polar surface area (TPSA) is 177 Å². The van der Waals surface area contributed by atoms with Crippen molar-refractivity contribution >= 4 is 29.3 Å². The van der Waals surface area contributed by atoms with Crippen LogP contribution >= 0.6 is 11.8 Å². The fourth-order valence-electron chi connectivity index (χ4n) is 5.87. The molecule has 2 saturated heterocycles. The quantitative estimate of drug-likeness (QED) is 0.135. The van der Waals surface area contributed by atoms with Crippen LogP contribution in [0, 0.1) is 5.82 Å². The van der Waals surface area contributed by atoms with E-state index in [1.807, 2.05) is 6.07 Å². The van der Waals surface area contributed by atoms with Crippen LogP contribution in [0.4, 0.5) is 10.1 Å². The highest BCUT2D eigenvalue weighted by molar-refractivity contribution is 8.00. The number of carbonyl (C=O) groups is 2. The third-order valence-electron chi connectivity index (χ3n) is 8.39. The number of hydrogen-bond acceptors (Lipinski definition) is 10.